The third-order valence-corrected chi connectivity index (χ3v) is 9.05. The van der Waals surface area contributed by atoms with E-state index < -0.39 is 0 Å². The lowest BCUT2D eigenvalue weighted by molar-refractivity contribution is -0.122. The SMILES string of the molecule is Cc1cccc(C(CC(=O)NC2CCC(N)CC2)c2cn(CC3CCCCC3)c3c(Br)cccc23)c1.Cl. The fourth-order valence-electron chi connectivity index (χ4n) is 6.44. The van der Waals surface area contributed by atoms with E-state index in [2.05, 4.69) is 81.4 Å². The highest BCUT2D eigenvalue weighted by atomic mass is 79.9. The van der Waals surface area contributed by atoms with E-state index >= 15 is 0 Å². The molecule has 0 spiro atoms. The molecule has 2 aliphatic carbocycles. The minimum atomic E-state index is 0. The number of halogens is 2. The number of nitrogens with one attached hydrogen (secondary N) is 1. The lowest BCUT2D eigenvalue weighted by Gasteiger charge is -2.27. The van der Waals surface area contributed by atoms with E-state index in [1.165, 1.54) is 59.7 Å². The van der Waals surface area contributed by atoms with Crippen molar-refractivity contribution in [2.75, 3.05) is 0 Å². The van der Waals surface area contributed by atoms with Crippen LogP contribution in [0, 0.1) is 12.8 Å². The molecule has 1 heterocycles. The summed E-state index contributed by atoms with van der Waals surface area (Å²) in [6, 6.07) is 15.7. The number of hydrogen-bond donors (Lipinski definition) is 2. The van der Waals surface area contributed by atoms with Gasteiger partial charge in [-0.3, -0.25) is 4.79 Å². The fraction of sp³-hybridized carbons (Fsp3) is 0.516. The van der Waals surface area contributed by atoms with Gasteiger partial charge in [-0.05, 0) is 84.5 Å². The Labute approximate surface area is 236 Å². The Kier molecular flexibility index (Phi) is 9.77. The molecule has 0 saturated heterocycles. The lowest BCUT2D eigenvalue weighted by atomic mass is 9.86. The summed E-state index contributed by atoms with van der Waals surface area (Å²) in [5.41, 5.74) is 11.1. The first-order valence-corrected chi connectivity index (χ1v) is 14.7. The maximum Gasteiger partial charge on any atom is 0.221 e. The molecule has 4 nitrogen and oxygen atoms in total. The number of benzene rings is 2. The lowest BCUT2D eigenvalue weighted by Crippen LogP contribution is -2.40. The average Bonchev–Trinajstić information content (AvgIpc) is 3.24. The van der Waals surface area contributed by atoms with E-state index in [0.29, 0.717) is 6.42 Å². The van der Waals surface area contributed by atoms with Crippen LogP contribution in [0.15, 0.2) is 53.1 Å². The molecular formula is C31H41BrClN3O. The second kappa shape index (κ2) is 12.8. The third kappa shape index (κ3) is 6.79. The Bertz CT molecular complexity index is 1190. The maximum atomic E-state index is 13.4. The number of amides is 1. The number of fused-ring (bicyclic) bond motifs is 1. The first-order valence-electron chi connectivity index (χ1n) is 13.9. The Morgan fingerprint density at radius 1 is 1.05 bits per heavy atom. The minimum absolute atomic E-state index is 0. The topological polar surface area (TPSA) is 60.1 Å². The fourth-order valence-corrected chi connectivity index (χ4v) is 7.04. The van der Waals surface area contributed by atoms with Gasteiger partial charge in [0.05, 0.1) is 5.52 Å². The average molecular weight is 587 g/mol. The molecule has 0 aliphatic heterocycles. The molecule has 6 heteroatoms. The summed E-state index contributed by atoms with van der Waals surface area (Å²) in [6.45, 7) is 3.18. The van der Waals surface area contributed by atoms with E-state index in [1.54, 1.807) is 0 Å². The summed E-state index contributed by atoms with van der Waals surface area (Å²) in [5.74, 6) is 0.887. The quantitative estimate of drug-likeness (QED) is 0.299. The molecule has 0 radical (unpaired) electrons. The molecule has 2 fully saturated rings. The Balaban J connectivity index is 0.00000320. The summed E-state index contributed by atoms with van der Waals surface area (Å²) in [6.07, 6.45) is 13.4. The van der Waals surface area contributed by atoms with E-state index in [-0.39, 0.29) is 36.3 Å². The monoisotopic (exact) mass is 585 g/mol. The van der Waals surface area contributed by atoms with E-state index in [9.17, 15) is 4.79 Å². The number of hydrogen-bond acceptors (Lipinski definition) is 2. The molecule has 2 aliphatic rings. The number of para-hydroxylation sites is 1. The number of carbonyl (C=O) groups is 1. The molecule has 1 atom stereocenters. The van der Waals surface area contributed by atoms with E-state index in [0.717, 1.165) is 42.6 Å². The van der Waals surface area contributed by atoms with Crippen LogP contribution in [-0.2, 0) is 11.3 Å². The van der Waals surface area contributed by atoms with Gasteiger partial charge in [-0.2, -0.15) is 0 Å². The number of nitrogens with two attached hydrogens (primary N) is 1. The van der Waals surface area contributed by atoms with E-state index in [4.69, 9.17) is 5.73 Å². The van der Waals surface area contributed by atoms with Crippen molar-refractivity contribution in [1.82, 2.24) is 9.88 Å². The molecule has 37 heavy (non-hydrogen) atoms. The Morgan fingerprint density at radius 2 is 1.78 bits per heavy atom. The van der Waals surface area contributed by atoms with Gasteiger partial charge in [-0.1, -0.05) is 61.2 Å². The first kappa shape index (κ1) is 28.2. The van der Waals surface area contributed by atoms with Crippen LogP contribution in [0.2, 0.25) is 0 Å². The van der Waals surface area contributed by atoms with Crippen molar-refractivity contribution in [2.45, 2.75) is 95.7 Å². The van der Waals surface area contributed by atoms with Gasteiger partial charge in [0.15, 0.2) is 0 Å². The normalized spacial score (nSPS) is 21.4. The van der Waals surface area contributed by atoms with Crippen molar-refractivity contribution >= 4 is 45.1 Å². The number of aryl methyl sites for hydroxylation is 1. The molecule has 3 aromatic rings. The predicted molar refractivity (Wildman–Crippen MR) is 159 cm³/mol. The molecule has 1 aromatic heterocycles. The second-order valence-electron chi connectivity index (χ2n) is 11.2. The smallest absolute Gasteiger partial charge is 0.221 e. The minimum Gasteiger partial charge on any atom is -0.353 e. The van der Waals surface area contributed by atoms with Crippen LogP contribution in [0.4, 0.5) is 0 Å². The van der Waals surface area contributed by atoms with Gasteiger partial charge >= 0.3 is 0 Å². The predicted octanol–water partition coefficient (Wildman–Crippen LogP) is 7.62. The number of rotatable bonds is 7. The van der Waals surface area contributed by atoms with Crippen LogP contribution in [0.3, 0.4) is 0 Å². The van der Waals surface area contributed by atoms with Gasteiger partial charge in [0.25, 0.3) is 0 Å². The van der Waals surface area contributed by atoms with Crippen LogP contribution in [0.25, 0.3) is 10.9 Å². The standard InChI is InChI=1S/C31H40BrN3O.ClH/c1-21-7-5-10-23(17-21)27(18-30(36)34-25-15-13-24(33)14-16-25)28-20-35(19-22-8-3-2-4-9-22)31-26(28)11-6-12-29(31)32;/h5-7,10-12,17,20,22,24-25,27H,2-4,8-9,13-16,18-19,33H2,1H3,(H,34,36);1H. The van der Waals surface area contributed by atoms with Gasteiger partial charge in [-0.25, -0.2) is 0 Å². The summed E-state index contributed by atoms with van der Waals surface area (Å²) in [4.78, 5) is 13.4. The first-order chi connectivity index (χ1) is 17.5. The summed E-state index contributed by atoms with van der Waals surface area (Å²) in [7, 11) is 0. The van der Waals surface area contributed by atoms with Gasteiger partial charge in [0, 0.05) is 47.0 Å². The van der Waals surface area contributed by atoms with Crippen molar-refractivity contribution < 1.29 is 4.79 Å². The van der Waals surface area contributed by atoms with Crippen molar-refractivity contribution in [3.63, 3.8) is 0 Å². The molecule has 200 valence electrons. The highest BCUT2D eigenvalue weighted by molar-refractivity contribution is 9.10. The zero-order valence-electron chi connectivity index (χ0n) is 21.9. The van der Waals surface area contributed by atoms with Crippen molar-refractivity contribution in [1.29, 1.82) is 0 Å². The summed E-state index contributed by atoms with van der Waals surface area (Å²) >= 11 is 3.85. The van der Waals surface area contributed by atoms with Crippen molar-refractivity contribution in [2.24, 2.45) is 11.7 Å². The molecule has 0 bridgehead atoms. The highest BCUT2D eigenvalue weighted by Gasteiger charge is 2.27. The van der Waals surface area contributed by atoms with Crippen LogP contribution in [0.5, 0.6) is 0 Å². The molecule has 1 amide bonds. The van der Waals surface area contributed by atoms with E-state index in [1.807, 2.05) is 0 Å². The van der Waals surface area contributed by atoms with Crippen LogP contribution in [0.1, 0.15) is 86.8 Å². The molecule has 2 saturated carbocycles. The second-order valence-corrected chi connectivity index (χ2v) is 12.1. The molecule has 2 aromatic carbocycles. The van der Waals surface area contributed by atoms with Crippen molar-refractivity contribution in [3.8, 4) is 0 Å². The van der Waals surface area contributed by atoms with Crippen LogP contribution in [-0.4, -0.2) is 22.6 Å². The van der Waals surface area contributed by atoms with Crippen molar-refractivity contribution in [3.05, 3.63) is 69.8 Å². The number of aromatic nitrogens is 1. The number of carbonyl (C=O) groups excluding carboxylic acids is 1. The molecule has 1 unspecified atom stereocenters. The Hall–Kier alpha value is -1.82. The largest absolute Gasteiger partial charge is 0.353 e. The maximum absolute atomic E-state index is 13.4. The third-order valence-electron chi connectivity index (χ3n) is 8.41. The van der Waals surface area contributed by atoms with Crippen LogP contribution >= 0.6 is 28.3 Å². The molecule has 5 rings (SSSR count). The molecule has 3 N–H and O–H groups in total. The van der Waals surface area contributed by atoms with Crippen LogP contribution < -0.4 is 11.1 Å². The zero-order chi connectivity index (χ0) is 25.1. The summed E-state index contributed by atoms with van der Waals surface area (Å²) in [5, 5.41) is 4.60. The van der Waals surface area contributed by atoms with Gasteiger partial charge < -0.3 is 15.6 Å². The molecular weight excluding hydrogens is 546 g/mol. The van der Waals surface area contributed by atoms with Gasteiger partial charge in [-0.15, -0.1) is 12.4 Å². The number of nitrogens with zero attached hydrogens (tertiary/aromatic N) is 1. The summed E-state index contributed by atoms with van der Waals surface area (Å²) < 4.78 is 3.60. The van der Waals surface area contributed by atoms with Gasteiger partial charge in [0.1, 0.15) is 0 Å². The highest BCUT2D eigenvalue weighted by Crippen LogP contribution is 2.39. The Morgan fingerprint density at radius 3 is 2.51 bits per heavy atom. The van der Waals surface area contributed by atoms with Gasteiger partial charge in [0.2, 0.25) is 5.91 Å². The zero-order valence-corrected chi connectivity index (χ0v) is 24.3.